The van der Waals surface area contributed by atoms with Gasteiger partial charge in [-0.25, -0.2) is 0 Å². The van der Waals surface area contributed by atoms with E-state index in [4.69, 9.17) is 18.9 Å². The van der Waals surface area contributed by atoms with Crippen molar-refractivity contribution in [3.63, 3.8) is 0 Å². The molecule has 14 heteroatoms. The number of carbonyl (C=O) groups excluding carboxylic acids is 1. The third-order valence-corrected chi connectivity index (χ3v) is 19.7. The molecule has 0 aromatic heterocycles. The molecular formula is C92H155NO13. The minimum absolute atomic E-state index is 0.250. The van der Waals surface area contributed by atoms with Crippen LogP contribution in [0.4, 0.5) is 0 Å². The van der Waals surface area contributed by atoms with E-state index >= 15 is 0 Å². The Morgan fingerprint density at radius 1 is 0.349 bits per heavy atom. The van der Waals surface area contributed by atoms with E-state index in [1.54, 1.807) is 6.08 Å². The first kappa shape index (κ1) is 97.7. The van der Waals surface area contributed by atoms with Gasteiger partial charge in [-0.2, -0.15) is 0 Å². The van der Waals surface area contributed by atoms with E-state index in [2.05, 4.69) is 165 Å². The van der Waals surface area contributed by atoms with Gasteiger partial charge >= 0.3 is 0 Å². The second kappa shape index (κ2) is 73.4. The summed E-state index contributed by atoms with van der Waals surface area (Å²) in [6.45, 7) is 2.68. The van der Waals surface area contributed by atoms with Gasteiger partial charge in [0.1, 0.15) is 48.8 Å². The van der Waals surface area contributed by atoms with Gasteiger partial charge in [0.25, 0.3) is 0 Å². The Balaban J connectivity index is 1.64. The Hall–Kier alpha value is -4.39. The summed E-state index contributed by atoms with van der Waals surface area (Å²) >= 11 is 0. The van der Waals surface area contributed by atoms with Gasteiger partial charge in [0.2, 0.25) is 5.91 Å². The molecule has 2 fully saturated rings. The molecule has 12 atom stereocenters. The summed E-state index contributed by atoms with van der Waals surface area (Å²) in [4.78, 5) is 13.4. The van der Waals surface area contributed by atoms with E-state index < -0.39 is 86.8 Å². The number of nitrogens with one attached hydrogen (secondary N) is 1. The average Bonchev–Trinajstić information content (AvgIpc) is 0.789. The maximum absolute atomic E-state index is 13.4. The van der Waals surface area contributed by atoms with Crippen LogP contribution in [0.25, 0.3) is 0 Å². The minimum Gasteiger partial charge on any atom is -0.394 e. The van der Waals surface area contributed by atoms with Crippen molar-refractivity contribution in [1.29, 1.82) is 0 Å². The first-order valence-corrected chi connectivity index (χ1v) is 42.7. The van der Waals surface area contributed by atoms with E-state index in [1.807, 2.05) is 6.08 Å². The molecule has 2 saturated heterocycles. The van der Waals surface area contributed by atoms with Crippen molar-refractivity contribution in [1.82, 2.24) is 5.32 Å². The lowest BCUT2D eigenvalue weighted by Gasteiger charge is -2.46. The summed E-state index contributed by atoms with van der Waals surface area (Å²) in [6.07, 6.45) is 96.2. The fourth-order valence-corrected chi connectivity index (χ4v) is 13.0. The van der Waals surface area contributed by atoms with Crippen LogP contribution in [0.15, 0.2) is 158 Å². The summed E-state index contributed by atoms with van der Waals surface area (Å²) in [5.41, 5.74) is 0. The highest BCUT2D eigenvalue weighted by Crippen LogP contribution is 2.30. The van der Waals surface area contributed by atoms with Crippen LogP contribution < -0.4 is 5.32 Å². The van der Waals surface area contributed by atoms with Crippen LogP contribution in [0.2, 0.25) is 0 Å². The minimum atomic E-state index is -1.80. The first-order valence-electron chi connectivity index (χ1n) is 42.7. The lowest BCUT2D eigenvalue weighted by molar-refractivity contribution is -0.359. The second-order valence-electron chi connectivity index (χ2n) is 29.2. The fraction of sp³-hybridized carbons (Fsp3) is 0.707. The number of allylic oxidation sites excluding steroid dienone is 25. The quantitative estimate of drug-likeness (QED) is 0.0204. The molecule has 2 heterocycles. The second-order valence-corrected chi connectivity index (χ2v) is 29.2. The summed E-state index contributed by atoms with van der Waals surface area (Å²) in [6, 6.07) is -0.957. The van der Waals surface area contributed by atoms with Gasteiger partial charge in [0.05, 0.1) is 32.0 Å². The zero-order valence-electron chi connectivity index (χ0n) is 66.6. The van der Waals surface area contributed by atoms with Gasteiger partial charge in [-0.1, -0.05) is 352 Å². The van der Waals surface area contributed by atoms with Crippen molar-refractivity contribution in [2.45, 2.75) is 396 Å². The normalized spacial score (nSPS) is 22.1. The van der Waals surface area contributed by atoms with Crippen molar-refractivity contribution in [2.24, 2.45) is 0 Å². The predicted octanol–water partition coefficient (Wildman–Crippen LogP) is 20.5. The van der Waals surface area contributed by atoms with Crippen LogP contribution in [-0.4, -0.2) is 140 Å². The van der Waals surface area contributed by atoms with E-state index in [9.17, 15) is 45.6 Å². The Morgan fingerprint density at radius 3 is 1.04 bits per heavy atom. The fourth-order valence-electron chi connectivity index (χ4n) is 13.0. The highest BCUT2D eigenvalue weighted by molar-refractivity contribution is 5.76. The molecule has 0 radical (unpaired) electrons. The molecule has 2 rings (SSSR count). The topological polar surface area (TPSA) is 228 Å². The SMILES string of the molecule is CC/C=C\C/C=C\C/C=C\C/C=C\C/C=C\C/C=C\C/C=C\C/C=C\C/C=C\C/C=C\CCCCCCCCCCC(=O)NC(COC1OC(CO)C(OC2OC(CO)C(O)C(O)C2O)C(O)C1O)C(O)/C=C/CC/C=C/CC/C=C/CCCCCCCCCCCCCCCCCCCCCCCCC. The van der Waals surface area contributed by atoms with Gasteiger partial charge in [-0.15, -0.1) is 0 Å². The standard InChI is InChI=1S/C92H155NO13/c1-3-5-7-9-11-13-15-17-19-21-23-25-27-29-31-33-35-37-38-39-40-41-42-44-46-48-50-52-54-56-58-60-62-64-66-68-70-72-74-76-84(97)93-80(79-103-91-89(102)87(100)90(83(78-95)105-91)106-92-88(101)86(99)85(98)82(77-94)104-92)81(96)75-73-71-69-67-65-63-61-59-57-55-53-51-49-47-45-43-36-34-32-30-28-26-24-22-20-18-16-14-12-10-8-6-4-2/h5,7,11,13,17,19,23,25,29,31,35,37,39-40,42,44,48,50,54,56-57,59,65,67,73,75,80-83,85-92,94-96,98-102H,3-4,6,8-10,12,14-16,18,20-22,24,26-28,30,32-34,36,38,41,43,45-47,49,51-53,55,58,60-64,66,68-72,74,76-79H2,1-2H3,(H,93,97)/b7-5-,13-11-,19-17-,25-23-,31-29-,37-35-,40-39-,44-42-,50-48-,56-54-,59-57+,67-65+,75-73+. The van der Waals surface area contributed by atoms with Crippen LogP contribution in [-0.2, 0) is 23.7 Å². The number of carbonyl (C=O) groups is 1. The molecule has 0 spiro atoms. The molecule has 0 bridgehead atoms. The van der Waals surface area contributed by atoms with Gasteiger partial charge < -0.3 is 65.1 Å². The van der Waals surface area contributed by atoms with Crippen LogP contribution in [0.1, 0.15) is 322 Å². The first-order chi connectivity index (χ1) is 52.1. The highest BCUT2D eigenvalue weighted by atomic mass is 16.7. The Bertz CT molecular complexity index is 2400. The van der Waals surface area contributed by atoms with Crippen LogP contribution in [0.5, 0.6) is 0 Å². The van der Waals surface area contributed by atoms with Crippen molar-refractivity contribution < 1.29 is 64.6 Å². The molecule has 2 aliphatic heterocycles. The summed E-state index contributed by atoms with van der Waals surface area (Å²) in [5.74, 6) is -0.265. The van der Waals surface area contributed by atoms with Crippen molar-refractivity contribution in [3.8, 4) is 0 Å². The van der Waals surface area contributed by atoms with Crippen LogP contribution >= 0.6 is 0 Å². The Labute approximate surface area is 645 Å². The molecule has 0 aromatic rings. The molecule has 12 unspecified atom stereocenters. The number of aliphatic hydroxyl groups excluding tert-OH is 8. The number of ether oxygens (including phenoxy) is 4. The van der Waals surface area contributed by atoms with Gasteiger partial charge in [0, 0.05) is 6.42 Å². The number of hydrogen-bond donors (Lipinski definition) is 9. The lowest BCUT2D eigenvalue weighted by atomic mass is 9.97. The number of aliphatic hydroxyl groups is 8. The van der Waals surface area contributed by atoms with Crippen LogP contribution in [0, 0.1) is 0 Å². The van der Waals surface area contributed by atoms with E-state index in [-0.39, 0.29) is 18.9 Å². The summed E-state index contributed by atoms with van der Waals surface area (Å²) in [7, 11) is 0. The Morgan fingerprint density at radius 2 is 0.660 bits per heavy atom. The average molecular weight is 1480 g/mol. The van der Waals surface area contributed by atoms with E-state index in [1.165, 1.54) is 167 Å². The molecule has 0 saturated carbocycles. The molecule has 2 aliphatic rings. The van der Waals surface area contributed by atoms with Crippen molar-refractivity contribution in [2.75, 3.05) is 19.8 Å². The molecule has 1 amide bonds. The molecule has 0 aromatic carbocycles. The summed E-state index contributed by atoms with van der Waals surface area (Å²) in [5, 5.41) is 87.7. The monoisotopic (exact) mass is 1480 g/mol. The predicted molar refractivity (Wildman–Crippen MR) is 442 cm³/mol. The van der Waals surface area contributed by atoms with Crippen molar-refractivity contribution in [3.05, 3.63) is 158 Å². The molecular weight excluding hydrogens is 1330 g/mol. The van der Waals surface area contributed by atoms with Gasteiger partial charge in [0.15, 0.2) is 12.6 Å². The van der Waals surface area contributed by atoms with Crippen LogP contribution in [0.3, 0.4) is 0 Å². The van der Waals surface area contributed by atoms with Gasteiger partial charge in [-0.05, 0) is 122 Å². The van der Waals surface area contributed by atoms with Gasteiger partial charge in [-0.3, -0.25) is 4.79 Å². The lowest BCUT2D eigenvalue weighted by Crippen LogP contribution is -2.65. The molecule has 106 heavy (non-hydrogen) atoms. The number of rotatable bonds is 70. The highest BCUT2D eigenvalue weighted by Gasteiger charge is 2.51. The molecule has 14 nitrogen and oxygen atoms in total. The third kappa shape index (κ3) is 55.1. The summed E-state index contributed by atoms with van der Waals surface area (Å²) < 4.78 is 22.9. The number of amides is 1. The zero-order chi connectivity index (χ0) is 76.5. The zero-order valence-corrected chi connectivity index (χ0v) is 66.6. The Kier molecular flexibility index (Phi) is 67.7. The largest absolute Gasteiger partial charge is 0.394 e. The maximum atomic E-state index is 13.4. The van der Waals surface area contributed by atoms with E-state index in [0.717, 1.165) is 122 Å². The molecule has 606 valence electrons. The molecule has 9 N–H and O–H groups in total. The third-order valence-electron chi connectivity index (χ3n) is 19.7. The van der Waals surface area contributed by atoms with Crippen molar-refractivity contribution >= 4 is 5.91 Å². The van der Waals surface area contributed by atoms with E-state index in [0.29, 0.717) is 12.8 Å². The number of unbranched alkanes of at least 4 members (excludes halogenated alkanes) is 33. The smallest absolute Gasteiger partial charge is 0.220 e. The molecule has 0 aliphatic carbocycles. The maximum Gasteiger partial charge on any atom is 0.220 e. The number of hydrogen-bond acceptors (Lipinski definition) is 13.